The van der Waals surface area contributed by atoms with Gasteiger partial charge in [-0.25, -0.2) is 4.79 Å². The van der Waals surface area contributed by atoms with Crippen molar-refractivity contribution in [3.05, 3.63) is 0 Å². The maximum atomic E-state index is 10.6. The smallest absolute Gasteiger partial charge is 1.00 e. The van der Waals surface area contributed by atoms with Gasteiger partial charge in [0, 0.05) is 6.42 Å². The van der Waals surface area contributed by atoms with Crippen LogP contribution >= 0.6 is 0 Å². The first kappa shape index (κ1) is 31.2. The number of ether oxygens (including phenoxy) is 2. The van der Waals surface area contributed by atoms with Gasteiger partial charge in [-0.05, 0) is 34.1 Å². The molecule has 160 valence electrons. The summed E-state index contributed by atoms with van der Waals surface area (Å²) in [4.78, 5) is 20.9. The van der Waals surface area contributed by atoms with E-state index in [2.05, 4.69) is 6.92 Å². The molecule has 0 aromatic rings. The molecule has 0 aromatic heterocycles. The molecule has 0 saturated heterocycles. The Hall–Kier alpha value is -0.494. The summed E-state index contributed by atoms with van der Waals surface area (Å²) >= 11 is 0. The molecule has 0 aliphatic heterocycles. The zero-order chi connectivity index (χ0) is 20.2. The predicted molar refractivity (Wildman–Crippen MR) is 115 cm³/mol. The molecule has 0 radical (unpaired) electrons. The van der Waals surface area contributed by atoms with Gasteiger partial charge < -0.3 is 17.4 Å². The molecule has 0 unspecified atom stereocenters. The van der Waals surface area contributed by atoms with Gasteiger partial charge in [0.1, 0.15) is 0 Å². The van der Waals surface area contributed by atoms with E-state index >= 15 is 0 Å². The van der Waals surface area contributed by atoms with Gasteiger partial charge in [-0.3, -0.25) is 4.79 Å². The zero-order valence-electron chi connectivity index (χ0n) is 20.4. The van der Waals surface area contributed by atoms with Crippen LogP contribution < -0.4 is 0 Å². The second-order valence-electron chi connectivity index (χ2n) is 7.26. The summed E-state index contributed by atoms with van der Waals surface area (Å²) in [5.74, 6) is -0.657. The molecule has 0 atom stereocenters. The topological polar surface area (TPSA) is 72.8 Å². The summed E-state index contributed by atoms with van der Waals surface area (Å²) in [6.45, 7) is 9.36. The molecular weight excluding hydrogens is 357 g/mol. The molecule has 0 rings (SSSR count). The Labute approximate surface area is 186 Å². The fourth-order valence-corrected chi connectivity index (χ4v) is 2.35. The maximum absolute atomic E-state index is 10.6. The van der Waals surface area contributed by atoms with Crippen LogP contribution in [0.3, 0.4) is 0 Å². The van der Waals surface area contributed by atoms with Crippen molar-refractivity contribution in [2.45, 2.75) is 124 Å². The van der Waals surface area contributed by atoms with Crippen molar-refractivity contribution in [1.29, 1.82) is 0 Å². The van der Waals surface area contributed by atoms with Crippen molar-refractivity contribution in [3.8, 4) is 0 Å². The van der Waals surface area contributed by atoms with Gasteiger partial charge in [-0.2, -0.15) is 0 Å². The number of aliphatic carboxylic acids is 1. The summed E-state index contributed by atoms with van der Waals surface area (Å²) in [6, 6.07) is 0. The third-order valence-corrected chi connectivity index (χ3v) is 3.66. The molecule has 0 aliphatic rings. The van der Waals surface area contributed by atoms with Crippen molar-refractivity contribution < 1.29 is 27.0 Å². The quantitative estimate of drug-likeness (QED) is 0.203. The molecular formula is C21H44MgO5. The molecule has 6 heteroatoms. The normalized spacial score (nSPS) is 10.0. The van der Waals surface area contributed by atoms with E-state index in [0.717, 1.165) is 12.8 Å². The number of hydrogen-bond donors (Lipinski definition) is 1. The van der Waals surface area contributed by atoms with E-state index in [4.69, 9.17) is 14.6 Å². The summed E-state index contributed by atoms with van der Waals surface area (Å²) < 4.78 is 9.40. The van der Waals surface area contributed by atoms with Gasteiger partial charge >= 0.3 is 35.2 Å². The molecule has 0 saturated carbocycles. The number of unbranched alkanes of at least 4 members (excludes halogenated alkanes) is 10. The molecule has 1 N–H and O–H groups in total. The zero-order valence-corrected chi connectivity index (χ0v) is 19.8. The molecule has 0 heterocycles. The second kappa shape index (κ2) is 23.5. The van der Waals surface area contributed by atoms with E-state index in [1.807, 2.05) is 0 Å². The van der Waals surface area contributed by atoms with Crippen LogP contribution in [-0.4, -0.2) is 52.5 Å². The minimum Gasteiger partial charge on any atom is -1.00 e. The van der Waals surface area contributed by atoms with Crippen LogP contribution in [0, 0.1) is 0 Å². The summed E-state index contributed by atoms with van der Waals surface area (Å²) in [7, 11) is 0. The fraction of sp³-hybridized carbons (Fsp3) is 0.905. The van der Waals surface area contributed by atoms with Crippen LogP contribution in [-0.2, 0) is 14.3 Å². The number of hydrogen-bond acceptors (Lipinski definition) is 4. The van der Waals surface area contributed by atoms with Gasteiger partial charge in [-0.15, -0.1) is 0 Å². The predicted octanol–water partition coefficient (Wildman–Crippen LogP) is 6.57. The van der Waals surface area contributed by atoms with Crippen LogP contribution in [0.1, 0.15) is 115 Å². The summed E-state index contributed by atoms with van der Waals surface area (Å²) in [5, 5.41) is 8.46. The Balaban J connectivity index is -0.000000130. The average Bonchev–Trinajstić information content (AvgIpc) is 2.51. The van der Waals surface area contributed by atoms with E-state index in [-0.39, 0.29) is 38.1 Å². The summed E-state index contributed by atoms with van der Waals surface area (Å²) in [6.07, 6.45) is 13.6. The molecule has 0 spiro atoms. The molecule has 0 bridgehead atoms. The third-order valence-electron chi connectivity index (χ3n) is 3.66. The Morgan fingerprint density at radius 1 is 0.741 bits per heavy atom. The first-order valence-corrected chi connectivity index (χ1v) is 10.4. The van der Waals surface area contributed by atoms with Crippen molar-refractivity contribution >= 4 is 35.2 Å². The van der Waals surface area contributed by atoms with E-state index in [0.29, 0.717) is 6.42 Å². The van der Waals surface area contributed by atoms with Gasteiger partial charge in [0.25, 0.3) is 0 Å². The van der Waals surface area contributed by atoms with Crippen molar-refractivity contribution in [2.75, 3.05) is 0 Å². The molecule has 27 heavy (non-hydrogen) atoms. The SMILES string of the molecule is CC(C)OC(=O)OC(C)C.CCCCCCCCCCCCCC(=O)O.[H-].[H-].[Mg+2]. The van der Waals surface area contributed by atoms with Crippen LogP contribution in [0.25, 0.3) is 0 Å². The monoisotopic (exact) mass is 400 g/mol. The van der Waals surface area contributed by atoms with Gasteiger partial charge in [0.15, 0.2) is 0 Å². The van der Waals surface area contributed by atoms with E-state index < -0.39 is 12.1 Å². The second-order valence-corrected chi connectivity index (χ2v) is 7.26. The van der Waals surface area contributed by atoms with E-state index in [1.165, 1.54) is 57.8 Å². The molecule has 0 amide bonds. The van der Waals surface area contributed by atoms with Gasteiger partial charge in [-0.1, -0.05) is 71.1 Å². The minimum atomic E-state index is -0.657. The van der Waals surface area contributed by atoms with E-state index in [1.54, 1.807) is 27.7 Å². The Bertz CT molecular complexity index is 331. The van der Waals surface area contributed by atoms with E-state index in [9.17, 15) is 9.59 Å². The number of carboxylic acids is 1. The first-order chi connectivity index (χ1) is 12.3. The van der Waals surface area contributed by atoms with Crippen LogP contribution in [0.4, 0.5) is 4.79 Å². The Morgan fingerprint density at radius 3 is 1.37 bits per heavy atom. The van der Waals surface area contributed by atoms with Crippen LogP contribution in [0.5, 0.6) is 0 Å². The minimum absolute atomic E-state index is 0. The third kappa shape index (κ3) is 33.5. The molecule has 0 aromatic carbocycles. The fourth-order valence-electron chi connectivity index (χ4n) is 2.35. The van der Waals surface area contributed by atoms with Crippen LogP contribution in [0.15, 0.2) is 0 Å². The van der Waals surface area contributed by atoms with Gasteiger partial charge in [0.2, 0.25) is 0 Å². The first-order valence-electron chi connectivity index (χ1n) is 10.4. The van der Waals surface area contributed by atoms with Crippen molar-refractivity contribution in [1.82, 2.24) is 0 Å². The summed E-state index contributed by atoms with van der Waals surface area (Å²) in [5.41, 5.74) is 0. The number of carbonyl (C=O) groups excluding carboxylic acids is 1. The maximum Gasteiger partial charge on any atom is 2.00 e. The van der Waals surface area contributed by atoms with Crippen LogP contribution in [0.2, 0.25) is 0 Å². The molecule has 0 aliphatic carbocycles. The Morgan fingerprint density at radius 2 is 1.07 bits per heavy atom. The number of carbonyl (C=O) groups is 2. The van der Waals surface area contributed by atoms with Crippen molar-refractivity contribution in [2.24, 2.45) is 0 Å². The van der Waals surface area contributed by atoms with Crippen molar-refractivity contribution in [3.63, 3.8) is 0 Å². The Kier molecular flexibility index (Phi) is 27.2. The number of rotatable bonds is 14. The van der Waals surface area contributed by atoms with Gasteiger partial charge in [0.05, 0.1) is 12.2 Å². The molecule has 0 fully saturated rings. The number of carboxylic acid groups (broad SMARTS) is 1. The molecule has 5 nitrogen and oxygen atoms in total. The standard InChI is InChI=1S/C14H28O2.C7H14O3.Mg.2H/c1-2-3-4-5-6-7-8-9-10-11-12-13-14(15)16;1-5(2)9-7(8)10-6(3)4;;;/h2-13H2,1H3,(H,15,16);5-6H,1-4H3;;;/q;;+2;2*-1. The average molecular weight is 401 g/mol. The largest absolute Gasteiger partial charge is 2.00 e.